The van der Waals surface area contributed by atoms with Gasteiger partial charge in [0.1, 0.15) is 5.82 Å². The maximum atomic E-state index is 13.9. The van der Waals surface area contributed by atoms with Crippen molar-refractivity contribution >= 4 is 23.6 Å². The van der Waals surface area contributed by atoms with E-state index in [1.165, 1.54) is 24.2 Å². The highest BCUT2D eigenvalue weighted by molar-refractivity contribution is 7.99. The molecule has 8 heteroatoms. The lowest BCUT2D eigenvalue weighted by atomic mass is 10.1. The van der Waals surface area contributed by atoms with Gasteiger partial charge in [0.25, 0.3) is 0 Å². The third-order valence-electron chi connectivity index (χ3n) is 5.39. The minimum atomic E-state index is -0.301. The molecule has 0 unspecified atom stereocenters. The fraction of sp³-hybridized carbons (Fsp3) is 0.348. The number of hydrogen-bond donors (Lipinski definition) is 0. The van der Waals surface area contributed by atoms with Crippen molar-refractivity contribution in [2.24, 2.45) is 0 Å². The fourth-order valence-electron chi connectivity index (χ4n) is 3.66. The summed E-state index contributed by atoms with van der Waals surface area (Å²) in [6, 6.07) is 16.5. The molecule has 0 saturated carbocycles. The maximum Gasteiger partial charge on any atom is 0.233 e. The number of carbonyl (C=O) groups excluding carboxylic acids is 1. The predicted octanol–water partition coefficient (Wildman–Crippen LogP) is 4.15. The number of thioether (sulfide) groups is 1. The van der Waals surface area contributed by atoms with E-state index in [9.17, 15) is 9.18 Å². The Morgan fingerprint density at radius 2 is 1.74 bits per heavy atom. The van der Waals surface area contributed by atoms with E-state index in [4.69, 9.17) is 0 Å². The number of amides is 1. The SMILES string of the molecule is CN(Cc1ccccc1F)C(=O)CSc1nnc(N2CCCCC2)n1-c1ccccc1. The van der Waals surface area contributed by atoms with Gasteiger partial charge >= 0.3 is 0 Å². The number of carbonyl (C=O) groups is 1. The lowest BCUT2D eigenvalue weighted by molar-refractivity contribution is -0.127. The molecule has 0 bridgehead atoms. The summed E-state index contributed by atoms with van der Waals surface area (Å²) >= 11 is 1.36. The minimum Gasteiger partial charge on any atom is -0.341 e. The highest BCUT2D eigenvalue weighted by Gasteiger charge is 2.22. The Hall–Kier alpha value is -2.87. The molecule has 1 saturated heterocycles. The second kappa shape index (κ2) is 9.96. The van der Waals surface area contributed by atoms with Gasteiger partial charge in [0.05, 0.1) is 11.4 Å². The van der Waals surface area contributed by atoms with Crippen LogP contribution in [0.3, 0.4) is 0 Å². The summed E-state index contributed by atoms with van der Waals surface area (Å²) < 4.78 is 15.9. The minimum absolute atomic E-state index is 0.0876. The lowest BCUT2D eigenvalue weighted by Crippen LogP contribution is -2.31. The molecule has 1 fully saturated rings. The Kier molecular flexibility index (Phi) is 6.86. The van der Waals surface area contributed by atoms with Crippen LogP contribution in [-0.2, 0) is 11.3 Å². The Morgan fingerprint density at radius 1 is 1.03 bits per heavy atom. The first kappa shape index (κ1) is 21.4. The normalized spacial score (nSPS) is 13.9. The van der Waals surface area contributed by atoms with Crippen LogP contribution in [0.2, 0.25) is 0 Å². The Morgan fingerprint density at radius 3 is 2.48 bits per heavy atom. The first-order valence-corrected chi connectivity index (χ1v) is 11.5. The van der Waals surface area contributed by atoms with Crippen molar-refractivity contribution in [3.8, 4) is 5.69 Å². The van der Waals surface area contributed by atoms with Crippen LogP contribution in [0.5, 0.6) is 0 Å². The molecule has 1 aliphatic heterocycles. The molecule has 2 heterocycles. The second-order valence-electron chi connectivity index (χ2n) is 7.63. The van der Waals surface area contributed by atoms with Gasteiger partial charge in [0.2, 0.25) is 11.9 Å². The van der Waals surface area contributed by atoms with E-state index in [0.29, 0.717) is 10.7 Å². The van der Waals surface area contributed by atoms with E-state index >= 15 is 0 Å². The summed E-state index contributed by atoms with van der Waals surface area (Å²) in [4.78, 5) is 16.5. The van der Waals surface area contributed by atoms with Crippen LogP contribution in [0.1, 0.15) is 24.8 Å². The van der Waals surface area contributed by atoms with Crippen LogP contribution in [0.15, 0.2) is 59.8 Å². The molecule has 1 aromatic heterocycles. The molecule has 31 heavy (non-hydrogen) atoms. The van der Waals surface area contributed by atoms with Crippen LogP contribution in [0.25, 0.3) is 5.69 Å². The smallest absolute Gasteiger partial charge is 0.233 e. The number of nitrogens with zero attached hydrogens (tertiary/aromatic N) is 5. The average molecular weight is 440 g/mol. The van der Waals surface area contributed by atoms with Crippen molar-refractivity contribution in [3.05, 3.63) is 66.0 Å². The molecule has 3 aromatic rings. The van der Waals surface area contributed by atoms with Crippen LogP contribution in [0, 0.1) is 5.82 Å². The molecule has 0 N–H and O–H groups in total. The van der Waals surface area contributed by atoms with Gasteiger partial charge in [-0.25, -0.2) is 4.39 Å². The van der Waals surface area contributed by atoms with Crippen LogP contribution < -0.4 is 4.90 Å². The Labute approximate surface area is 186 Å². The summed E-state index contributed by atoms with van der Waals surface area (Å²) in [6.07, 6.45) is 3.52. The Bertz CT molecular complexity index is 1020. The summed E-state index contributed by atoms with van der Waals surface area (Å²) in [6.45, 7) is 2.15. The molecule has 4 rings (SSSR count). The van der Waals surface area contributed by atoms with Gasteiger partial charge in [-0.05, 0) is 37.5 Å². The van der Waals surface area contributed by atoms with Gasteiger partial charge < -0.3 is 9.80 Å². The van der Waals surface area contributed by atoms with E-state index in [2.05, 4.69) is 15.1 Å². The zero-order valence-electron chi connectivity index (χ0n) is 17.6. The van der Waals surface area contributed by atoms with E-state index in [1.54, 1.807) is 30.1 Å². The van der Waals surface area contributed by atoms with E-state index in [1.807, 2.05) is 34.9 Å². The first-order valence-electron chi connectivity index (χ1n) is 10.5. The third-order valence-corrected chi connectivity index (χ3v) is 6.30. The van der Waals surface area contributed by atoms with Crippen molar-refractivity contribution in [2.75, 3.05) is 30.8 Å². The van der Waals surface area contributed by atoms with Crippen molar-refractivity contribution < 1.29 is 9.18 Å². The van der Waals surface area contributed by atoms with Crippen molar-refractivity contribution in [3.63, 3.8) is 0 Å². The molecule has 0 aliphatic carbocycles. The standard InChI is InChI=1S/C23H26FN5OS/c1-27(16-18-10-6-7-13-20(18)24)21(30)17-31-23-26-25-22(28-14-8-3-9-15-28)29(23)19-11-4-2-5-12-19/h2,4-7,10-13H,3,8-9,14-17H2,1H3. The molecule has 162 valence electrons. The first-order chi connectivity index (χ1) is 15.1. The van der Waals surface area contributed by atoms with E-state index in [-0.39, 0.29) is 24.0 Å². The largest absolute Gasteiger partial charge is 0.341 e. The Balaban J connectivity index is 1.49. The van der Waals surface area contributed by atoms with Gasteiger partial charge in [0, 0.05) is 32.2 Å². The predicted molar refractivity (Wildman–Crippen MR) is 121 cm³/mol. The van der Waals surface area contributed by atoms with Gasteiger partial charge in [-0.3, -0.25) is 9.36 Å². The molecular weight excluding hydrogens is 413 g/mol. The topological polar surface area (TPSA) is 54.3 Å². The molecule has 1 amide bonds. The zero-order chi connectivity index (χ0) is 21.6. The number of rotatable bonds is 7. The molecule has 0 atom stereocenters. The second-order valence-corrected chi connectivity index (χ2v) is 8.57. The van der Waals surface area contributed by atoms with Gasteiger partial charge in [-0.2, -0.15) is 0 Å². The summed E-state index contributed by atoms with van der Waals surface area (Å²) in [5, 5.41) is 9.54. The van der Waals surface area contributed by atoms with Gasteiger partial charge in [-0.1, -0.05) is 48.2 Å². The number of para-hydroxylation sites is 1. The quantitative estimate of drug-likeness (QED) is 0.518. The highest BCUT2D eigenvalue weighted by atomic mass is 32.2. The van der Waals surface area contributed by atoms with Crippen LogP contribution in [0.4, 0.5) is 10.3 Å². The molecule has 6 nitrogen and oxygen atoms in total. The highest BCUT2D eigenvalue weighted by Crippen LogP contribution is 2.28. The van der Waals surface area contributed by atoms with Crippen LogP contribution >= 0.6 is 11.8 Å². The monoisotopic (exact) mass is 439 g/mol. The summed E-state index contributed by atoms with van der Waals surface area (Å²) in [5.74, 6) is 0.636. The van der Waals surface area contributed by atoms with Crippen LogP contribution in [-0.4, -0.2) is 51.5 Å². The van der Waals surface area contributed by atoms with E-state index < -0.39 is 0 Å². The average Bonchev–Trinajstić information content (AvgIpc) is 3.24. The molecule has 2 aromatic carbocycles. The number of halogens is 1. The molecular formula is C23H26FN5OS. The summed E-state index contributed by atoms with van der Waals surface area (Å²) in [5.41, 5.74) is 1.48. The van der Waals surface area contributed by atoms with E-state index in [0.717, 1.165) is 37.6 Å². The number of aromatic nitrogens is 3. The van der Waals surface area contributed by atoms with Crippen molar-refractivity contribution in [2.45, 2.75) is 31.0 Å². The molecule has 0 spiro atoms. The van der Waals surface area contributed by atoms with Crippen molar-refractivity contribution in [1.29, 1.82) is 0 Å². The number of piperidine rings is 1. The maximum absolute atomic E-state index is 13.9. The fourth-order valence-corrected chi connectivity index (χ4v) is 4.55. The lowest BCUT2D eigenvalue weighted by Gasteiger charge is -2.27. The van der Waals surface area contributed by atoms with Gasteiger partial charge in [0.15, 0.2) is 5.16 Å². The number of benzene rings is 2. The number of anilines is 1. The van der Waals surface area contributed by atoms with Crippen molar-refractivity contribution in [1.82, 2.24) is 19.7 Å². The zero-order valence-corrected chi connectivity index (χ0v) is 18.4. The van der Waals surface area contributed by atoms with Gasteiger partial charge in [-0.15, -0.1) is 10.2 Å². The third kappa shape index (κ3) is 5.07. The number of hydrogen-bond acceptors (Lipinski definition) is 5. The molecule has 0 radical (unpaired) electrons. The molecule has 1 aliphatic rings. The summed E-state index contributed by atoms with van der Waals surface area (Å²) in [7, 11) is 1.69.